The summed E-state index contributed by atoms with van der Waals surface area (Å²) in [4.78, 5) is 4.47. The third-order valence-electron chi connectivity index (χ3n) is 4.51. The van der Waals surface area contributed by atoms with E-state index < -0.39 is 0 Å². The van der Waals surface area contributed by atoms with Crippen molar-refractivity contribution in [3.63, 3.8) is 0 Å². The van der Waals surface area contributed by atoms with Crippen LogP contribution in [0.15, 0.2) is 12.1 Å². The smallest absolute Gasteiger partial charge is 0.239 e. The van der Waals surface area contributed by atoms with Gasteiger partial charge in [-0.2, -0.15) is 4.98 Å². The first kappa shape index (κ1) is 14.9. The van der Waals surface area contributed by atoms with Gasteiger partial charge in [0.15, 0.2) is 0 Å². The fourth-order valence-electron chi connectivity index (χ4n) is 3.38. The van der Waals surface area contributed by atoms with Crippen molar-refractivity contribution in [3.8, 4) is 5.75 Å². The predicted octanol–water partition coefficient (Wildman–Crippen LogP) is 3.23. The Bertz CT molecular complexity index is 690. The lowest BCUT2D eigenvalue weighted by atomic mass is 9.85. The number of nitrogens with zero attached hydrogens (tertiary/aromatic N) is 3. The Kier molecular flexibility index (Phi) is 3.81. The van der Waals surface area contributed by atoms with Gasteiger partial charge in [0.2, 0.25) is 5.95 Å². The zero-order chi connectivity index (χ0) is 15.9. The zero-order valence-corrected chi connectivity index (χ0v) is 13.8. The van der Waals surface area contributed by atoms with Crippen LogP contribution in [0.1, 0.15) is 61.0 Å². The maximum absolute atomic E-state index is 5.80. The molecule has 0 spiro atoms. The number of aryl methyl sites for hydroxylation is 2. The number of nitrogens with two attached hydrogens (primary N) is 1. The molecule has 2 N–H and O–H groups in total. The molecule has 1 aliphatic rings. The van der Waals surface area contributed by atoms with Gasteiger partial charge in [-0.15, -0.1) is 5.10 Å². The van der Waals surface area contributed by atoms with Crippen molar-refractivity contribution in [1.82, 2.24) is 14.8 Å². The van der Waals surface area contributed by atoms with Crippen LogP contribution in [-0.2, 0) is 6.54 Å². The average molecular weight is 300 g/mol. The summed E-state index contributed by atoms with van der Waals surface area (Å²) in [5.74, 6) is 3.01. The highest BCUT2D eigenvalue weighted by Gasteiger charge is 2.27. The second kappa shape index (κ2) is 5.63. The van der Waals surface area contributed by atoms with Crippen molar-refractivity contribution in [2.45, 2.75) is 52.0 Å². The topological polar surface area (TPSA) is 66.0 Å². The first-order valence-electron chi connectivity index (χ1n) is 7.90. The highest BCUT2D eigenvalue weighted by atomic mass is 16.5. The van der Waals surface area contributed by atoms with Crippen molar-refractivity contribution in [2.24, 2.45) is 0 Å². The lowest BCUT2D eigenvalue weighted by Gasteiger charge is -2.25. The van der Waals surface area contributed by atoms with Crippen molar-refractivity contribution in [2.75, 3.05) is 12.8 Å². The van der Waals surface area contributed by atoms with Crippen molar-refractivity contribution >= 4 is 5.95 Å². The number of rotatable bonds is 3. The maximum Gasteiger partial charge on any atom is 0.239 e. The minimum atomic E-state index is 0.266. The third-order valence-corrected chi connectivity index (χ3v) is 4.51. The lowest BCUT2D eigenvalue weighted by molar-refractivity contribution is 0.406. The van der Waals surface area contributed by atoms with Gasteiger partial charge in [-0.25, -0.2) is 4.68 Å². The van der Waals surface area contributed by atoms with Crippen LogP contribution in [0.2, 0.25) is 0 Å². The molecular formula is C17H24N4O. The molecule has 0 radical (unpaired) electrons. The van der Waals surface area contributed by atoms with Gasteiger partial charge in [0.1, 0.15) is 11.6 Å². The molecule has 1 aromatic carbocycles. The van der Waals surface area contributed by atoms with Gasteiger partial charge in [-0.1, -0.05) is 19.9 Å². The molecule has 0 amide bonds. The van der Waals surface area contributed by atoms with Gasteiger partial charge in [-0.3, -0.25) is 0 Å². The molecule has 1 atom stereocenters. The summed E-state index contributed by atoms with van der Waals surface area (Å²) in [6.45, 7) is 7.43. The van der Waals surface area contributed by atoms with Gasteiger partial charge in [0.05, 0.1) is 7.11 Å². The molecule has 0 aliphatic carbocycles. The molecule has 2 heterocycles. The third kappa shape index (κ3) is 2.45. The van der Waals surface area contributed by atoms with E-state index in [0.717, 1.165) is 31.0 Å². The van der Waals surface area contributed by atoms with E-state index in [1.165, 1.54) is 16.7 Å². The molecule has 118 valence electrons. The molecule has 2 aromatic rings. The number of benzene rings is 1. The fourth-order valence-corrected chi connectivity index (χ4v) is 3.38. The quantitative estimate of drug-likeness (QED) is 0.945. The van der Waals surface area contributed by atoms with Crippen LogP contribution < -0.4 is 10.5 Å². The van der Waals surface area contributed by atoms with Crippen LogP contribution in [0, 0.1) is 6.92 Å². The average Bonchev–Trinajstić information content (AvgIpc) is 2.86. The van der Waals surface area contributed by atoms with Crippen LogP contribution in [-0.4, -0.2) is 21.9 Å². The van der Waals surface area contributed by atoms with E-state index in [9.17, 15) is 0 Å². The first-order valence-corrected chi connectivity index (χ1v) is 7.90. The second-order valence-corrected chi connectivity index (χ2v) is 6.35. The fraction of sp³-hybridized carbons (Fsp3) is 0.529. The molecule has 22 heavy (non-hydrogen) atoms. The Balaban J connectivity index is 2.11. The monoisotopic (exact) mass is 300 g/mol. The molecule has 1 aliphatic heterocycles. The van der Waals surface area contributed by atoms with Crippen LogP contribution in [0.25, 0.3) is 0 Å². The molecule has 1 aromatic heterocycles. The van der Waals surface area contributed by atoms with Gasteiger partial charge < -0.3 is 10.5 Å². The Morgan fingerprint density at radius 3 is 2.82 bits per heavy atom. The molecular weight excluding hydrogens is 276 g/mol. The summed E-state index contributed by atoms with van der Waals surface area (Å²) in [7, 11) is 1.73. The van der Waals surface area contributed by atoms with Crippen LogP contribution in [0.5, 0.6) is 5.75 Å². The highest BCUT2D eigenvalue weighted by molar-refractivity contribution is 5.47. The Morgan fingerprint density at radius 1 is 1.36 bits per heavy atom. The first-order chi connectivity index (χ1) is 10.5. The van der Waals surface area contributed by atoms with E-state index in [2.05, 4.69) is 43.0 Å². The minimum Gasteiger partial charge on any atom is -0.496 e. The number of nitrogen functional groups attached to an aromatic ring is 1. The number of anilines is 1. The molecule has 3 rings (SSSR count). The normalized spacial score (nSPS) is 17.6. The van der Waals surface area contributed by atoms with E-state index in [1.807, 2.05) is 4.68 Å². The van der Waals surface area contributed by atoms with Gasteiger partial charge >= 0.3 is 0 Å². The molecule has 0 saturated heterocycles. The van der Waals surface area contributed by atoms with Crippen LogP contribution >= 0.6 is 0 Å². The molecule has 5 heteroatoms. The number of methoxy groups -OCH3 is 1. The molecule has 0 bridgehead atoms. The Morgan fingerprint density at radius 2 is 2.14 bits per heavy atom. The molecule has 1 unspecified atom stereocenters. The van der Waals surface area contributed by atoms with Crippen molar-refractivity contribution in [1.29, 1.82) is 0 Å². The summed E-state index contributed by atoms with van der Waals surface area (Å²) < 4.78 is 7.51. The summed E-state index contributed by atoms with van der Waals surface area (Å²) in [6, 6.07) is 4.42. The standard InChI is InChI=1S/C17H24N4O/c1-10(2)13-9-14(11(3)8-15(13)22-4)12-6-5-7-21-16(12)19-17(18)20-21/h8-10,12H,5-7H2,1-4H3,(H2,18,20). The summed E-state index contributed by atoms with van der Waals surface area (Å²) in [6.07, 6.45) is 2.19. The highest BCUT2D eigenvalue weighted by Crippen LogP contribution is 2.38. The van der Waals surface area contributed by atoms with E-state index in [1.54, 1.807) is 7.11 Å². The zero-order valence-electron chi connectivity index (χ0n) is 13.8. The van der Waals surface area contributed by atoms with Crippen molar-refractivity contribution < 1.29 is 4.74 Å². The van der Waals surface area contributed by atoms with E-state index in [0.29, 0.717) is 11.9 Å². The predicted molar refractivity (Wildman–Crippen MR) is 87.3 cm³/mol. The molecule has 5 nitrogen and oxygen atoms in total. The van der Waals surface area contributed by atoms with Crippen LogP contribution in [0.4, 0.5) is 5.95 Å². The van der Waals surface area contributed by atoms with E-state index in [4.69, 9.17) is 10.5 Å². The number of aromatic nitrogens is 3. The number of hydrogen-bond acceptors (Lipinski definition) is 4. The summed E-state index contributed by atoms with van der Waals surface area (Å²) in [5.41, 5.74) is 9.60. The lowest BCUT2D eigenvalue weighted by Crippen LogP contribution is -2.19. The summed E-state index contributed by atoms with van der Waals surface area (Å²) >= 11 is 0. The van der Waals surface area contributed by atoms with Gasteiger partial charge in [0.25, 0.3) is 0 Å². The Hall–Kier alpha value is -2.04. The Labute approximate surface area is 131 Å². The number of ether oxygens (including phenoxy) is 1. The van der Waals surface area contributed by atoms with Gasteiger partial charge in [0, 0.05) is 12.5 Å². The molecule has 0 fully saturated rings. The molecule has 0 saturated carbocycles. The summed E-state index contributed by atoms with van der Waals surface area (Å²) in [5, 5.41) is 4.31. The van der Waals surface area contributed by atoms with E-state index in [-0.39, 0.29) is 5.92 Å². The van der Waals surface area contributed by atoms with E-state index >= 15 is 0 Å². The van der Waals surface area contributed by atoms with Crippen molar-refractivity contribution in [3.05, 3.63) is 34.6 Å². The number of hydrogen-bond donors (Lipinski definition) is 1. The SMILES string of the molecule is COc1cc(C)c(C2CCCn3nc(N)nc32)cc1C(C)C. The maximum atomic E-state index is 5.80. The second-order valence-electron chi connectivity index (χ2n) is 6.35. The van der Waals surface area contributed by atoms with Gasteiger partial charge in [-0.05, 0) is 48.4 Å². The minimum absolute atomic E-state index is 0.266. The number of fused-ring (bicyclic) bond motifs is 1. The van der Waals surface area contributed by atoms with Crippen LogP contribution in [0.3, 0.4) is 0 Å². The largest absolute Gasteiger partial charge is 0.496 e.